The molecule has 0 amide bonds. The van der Waals surface area contributed by atoms with Crippen LogP contribution >= 0.6 is 0 Å². The molecule has 0 aliphatic heterocycles. The lowest BCUT2D eigenvalue weighted by Gasteiger charge is -2.20. The molecule has 0 atom stereocenters. The third-order valence-corrected chi connectivity index (χ3v) is 6.71. The number of furan rings is 2. The Labute approximate surface area is 229 Å². The SMILES string of the molecule is CCOC(=O)COc1ccc2ccc3occc3c2c1-c1c(OCC(=O)OCC)ccc2ccc3occc3c12. The first-order valence-corrected chi connectivity index (χ1v) is 13.0. The summed E-state index contributed by atoms with van der Waals surface area (Å²) in [5, 5.41) is 5.28. The lowest BCUT2D eigenvalue weighted by Crippen LogP contribution is -2.16. The van der Waals surface area contributed by atoms with Gasteiger partial charge in [0.2, 0.25) is 0 Å². The largest absolute Gasteiger partial charge is 0.481 e. The first-order chi connectivity index (χ1) is 19.6. The van der Waals surface area contributed by atoms with Crippen molar-refractivity contribution in [1.29, 1.82) is 0 Å². The summed E-state index contributed by atoms with van der Waals surface area (Å²) >= 11 is 0. The molecule has 202 valence electrons. The summed E-state index contributed by atoms with van der Waals surface area (Å²) in [6.45, 7) is 3.42. The number of carbonyl (C=O) groups is 2. The van der Waals surface area contributed by atoms with E-state index in [0.717, 1.165) is 32.3 Å². The Hall–Kier alpha value is -4.98. The second-order valence-corrected chi connectivity index (χ2v) is 9.06. The summed E-state index contributed by atoms with van der Waals surface area (Å²) in [4.78, 5) is 24.6. The highest BCUT2D eigenvalue weighted by molar-refractivity contribution is 6.22. The Morgan fingerprint density at radius 1 is 0.600 bits per heavy atom. The number of esters is 2. The van der Waals surface area contributed by atoms with Crippen LogP contribution in [0, 0.1) is 0 Å². The maximum Gasteiger partial charge on any atom is 0.344 e. The van der Waals surface area contributed by atoms with E-state index in [1.807, 2.05) is 60.7 Å². The average Bonchev–Trinajstić information content (AvgIpc) is 3.64. The van der Waals surface area contributed by atoms with E-state index in [0.29, 0.717) is 33.8 Å². The van der Waals surface area contributed by atoms with Crippen molar-refractivity contribution in [2.24, 2.45) is 0 Å². The van der Waals surface area contributed by atoms with Gasteiger partial charge in [-0.15, -0.1) is 0 Å². The molecule has 2 aromatic heterocycles. The van der Waals surface area contributed by atoms with E-state index in [1.54, 1.807) is 26.4 Å². The standard InChI is InChI=1S/C32H26O8/c1-3-35-27(33)17-39-25-11-7-19-5-9-23-21(13-15-37-23)29(19)31(25)32-26(40-18-28(34)36-4-2)12-8-20-6-10-24-22(30(20)32)14-16-38-24/h5-16H,3-4,17-18H2,1-2H3. The van der Waals surface area contributed by atoms with Crippen molar-refractivity contribution < 1.29 is 37.4 Å². The molecule has 0 spiro atoms. The van der Waals surface area contributed by atoms with Gasteiger partial charge < -0.3 is 27.8 Å². The van der Waals surface area contributed by atoms with Crippen LogP contribution in [0.2, 0.25) is 0 Å². The van der Waals surface area contributed by atoms with E-state index >= 15 is 0 Å². The Bertz CT molecular complexity index is 1740. The Morgan fingerprint density at radius 2 is 1.02 bits per heavy atom. The minimum absolute atomic E-state index is 0.246. The van der Waals surface area contributed by atoms with Crippen LogP contribution in [0.1, 0.15) is 13.8 Å². The maximum absolute atomic E-state index is 12.3. The van der Waals surface area contributed by atoms with Crippen LogP contribution in [0.15, 0.2) is 82.0 Å². The molecule has 4 aromatic carbocycles. The predicted octanol–water partition coefficient (Wildman–Crippen LogP) is 7.04. The number of benzene rings is 4. The highest BCUT2D eigenvalue weighted by Crippen LogP contribution is 2.49. The molecule has 0 aliphatic carbocycles. The second-order valence-electron chi connectivity index (χ2n) is 9.06. The Morgan fingerprint density at radius 3 is 1.45 bits per heavy atom. The zero-order valence-corrected chi connectivity index (χ0v) is 22.0. The van der Waals surface area contributed by atoms with Gasteiger partial charge in [0.15, 0.2) is 13.2 Å². The normalized spacial score (nSPS) is 11.3. The van der Waals surface area contributed by atoms with Crippen molar-refractivity contribution in [3.8, 4) is 22.6 Å². The number of ether oxygens (including phenoxy) is 4. The number of fused-ring (bicyclic) bond motifs is 6. The predicted molar refractivity (Wildman–Crippen MR) is 151 cm³/mol. The van der Waals surface area contributed by atoms with Gasteiger partial charge in [0.05, 0.1) is 25.7 Å². The lowest BCUT2D eigenvalue weighted by atomic mass is 9.89. The third kappa shape index (κ3) is 4.47. The van der Waals surface area contributed by atoms with E-state index in [2.05, 4.69) is 0 Å². The molecule has 6 aromatic rings. The fraction of sp³-hybridized carbons (Fsp3) is 0.188. The van der Waals surface area contributed by atoms with Crippen LogP contribution in [0.4, 0.5) is 0 Å². The third-order valence-electron chi connectivity index (χ3n) is 6.71. The number of rotatable bonds is 9. The summed E-state index contributed by atoms with van der Waals surface area (Å²) in [7, 11) is 0. The maximum atomic E-state index is 12.3. The minimum atomic E-state index is -0.482. The number of carbonyl (C=O) groups excluding carboxylic acids is 2. The van der Waals surface area contributed by atoms with Crippen molar-refractivity contribution in [3.63, 3.8) is 0 Å². The van der Waals surface area contributed by atoms with Crippen LogP contribution in [-0.2, 0) is 19.1 Å². The smallest absolute Gasteiger partial charge is 0.344 e. The van der Waals surface area contributed by atoms with Crippen molar-refractivity contribution in [2.45, 2.75) is 13.8 Å². The van der Waals surface area contributed by atoms with Gasteiger partial charge >= 0.3 is 11.9 Å². The molecule has 0 aliphatic rings. The molecule has 0 saturated carbocycles. The highest BCUT2D eigenvalue weighted by atomic mass is 16.6. The number of hydrogen-bond acceptors (Lipinski definition) is 8. The van der Waals surface area contributed by atoms with Gasteiger partial charge in [-0.1, -0.05) is 24.3 Å². The van der Waals surface area contributed by atoms with Crippen molar-refractivity contribution in [1.82, 2.24) is 0 Å². The zero-order valence-electron chi connectivity index (χ0n) is 22.0. The van der Waals surface area contributed by atoms with Gasteiger partial charge in [-0.25, -0.2) is 9.59 Å². The van der Waals surface area contributed by atoms with Crippen molar-refractivity contribution >= 4 is 55.4 Å². The summed E-state index contributed by atoms with van der Waals surface area (Å²) < 4.78 is 34.0. The van der Waals surface area contributed by atoms with Crippen LogP contribution in [-0.4, -0.2) is 38.4 Å². The van der Waals surface area contributed by atoms with Crippen molar-refractivity contribution in [3.05, 3.63) is 73.2 Å². The van der Waals surface area contributed by atoms with Gasteiger partial charge in [-0.2, -0.15) is 0 Å². The summed E-state index contributed by atoms with van der Waals surface area (Å²) in [6.07, 6.45) is 3.27. The molecular formula is C32H26O8. The molecule has 2 heterocycles. The summed E-state index contributed by atoms with van der Waals surface area (Å²) in [5.74, 6) is -0.0699. The highest BCUT2D eigenvalue weighted by Gasteiger charge is 2.24. The van der Waals surface area contributed by atoms with Crippen LogP contribution in [0.25, 0.3) is 54.6 Å². The fourth-order valence-electron chi connectivity index (χ4n) is 5.12. The molecule has 40 heavy (non-hydrogen) atoms. The van der Waals surface area contributed by atoms with Gasteiger partial charge in [0, 0.05) is 32.7 Å². The molecule has 8 heteroatoms. The van der Waals surface area contributed by atoms with E-state index in [9.17, 15) is 9.59 Å². The molecule has 6 rings (SSSR count). The average molecular weight is 539 g/mol. The van der Waals surface area contributed by atoms with E-state index < -0.39 is 11.9 Å². The van der Waals surface area contributed by atoms with Crippen molar-refractivity contribution in [2.75, 3.05) is 26.4 Å². The topological polar surface area (TPSA) is 97.3 Å². The summed E-state index contributed by atoms with van der Waals surface area (Å²) in [6, 6.07) is 19.1. The molecule has 0 unspecified atom stereocenters. The van der Waals surface area contributed by atoms with E-state index in [4.69, 9.17) is 27.8 Å². The van der Waals surface area contributed by atoms with Gasteiger partial charge in [-0.05, 0) is 61.0 Å². The zero-order chi connectivity index (χ0) is 27.6. The lowest BCUT2D eigenvalue weighted by molar-refractivity contribution is -0.146. The minimum Gasteiger partial charge on any atom is -0.481 e. The molecule has 0 radical (unpaired) electrons. The monoisotopic (exact) mass is 538 g/mol. The van der Waals surface area contributed by atoms with Crippen LogP contribution in [0.5, 0.6) is 11.5 Å². The molecule has 0 bridgehead atoms. The molecule has 8 nitrogen and oxygen atoms in total. The quantitative estimate of drug-likeness (QED) is 0.181. The molecular weight excluding hydrogens is 512 g/mol. The molecule has 0 N–H and O–H groups in total. The molecule has 0 fully saturated rings. The second kappa shape index (κ2) is 10.6. The Kier molecular flexibility index (Phi) is 6.74. The van der Waals surface area contributed by atoms with Gasteiger partial charge in [0.1, 0.15) is 22.7 Å². The fourth-order valence-corrected chi connectivity index (χ4v) is 5.12. The van der Waals surface area contributed by atoms with Gasteiger partial charge in [0.25, 0.3) is 0 Å². The number of hydrogen-bond donors (Lipinski definition) is 0. The molecule has 0 saturated heterocycles. The van der Waals surface area contributed by atoms with E-state index in [-0.39, 0.29) is 26.4 Å². The van der Waals surface area contributed by atoms with Gasteiger partial charge in [-0.3, -0.25) is 0 Å². The van der Waals surface area contributed by atoms with Crippen LogP contribution < -0.4 is 9.47 Å². The first kappa shape index (κ1) is 25.3. The van der Waals surface area contributed by atoms with Crippen LogP contribution in [0.3, 0.4) is 0 Å². The first-order valence-electron chi connectivity index (χ1n) is 13.0. The van der Waals surface area contributed by atoms with E-state index in [1.165, 1.54) is 0 Å². The summed E-state index contributed by atoms with van der Waals surface area (Å²) in [5.41, 5.74) is 2.76. The Balaban J connectivity index is 1.69.